The Labute approximate surface area is 128 Å². The largest absolute Gasteiger partial charge is 0.387 e. The number of hydrogen-bond donors (Lipinski definition) is 2. The summed E-state index contributed by atoms with van der Waals surface area (Å²) >= 11 is 9.22. The highest BCUT2D eigenvalue weighted by Gasteiger charge is 2.11. The molecule has 0 amide bonds. The Bertz CT molecular complexity index is 624. The first kappa shape index (κ1) is 15.2. The molecule has 0 aliphatic carbocycles. The minimum absolute atomic E-state index is 0.156. The average molecular weight is 363 g/mol. The summed E-state index contributed by atoms with van der Waals surface area (Å²) in [5.74, 6) is -1.91. The zero-order valence-corrected chi connectivity index (χ0v) is 12.5. The highest BCUT2D eigenvalue weighted by molar-refractivity contribution is 9.10. The van der Waals surface area contributed by atoms with Gasteiger partial charge in [0.25, 0.3) is 0 Å². The van der Waals surface area contributed by atoms with Gasteiger partial charge in [0.2, 0.25) is 0 Å². The van der Waals surface area contributed by atoms with Crippen LogP contribution in [0.4, 0.5) is 14.5 Å². The first-order valence-electron chi connectivity index (χ1n) is 5.79. The zero-order chi connectivity index (χ0) is 14.7. The van der Waals surface area contributed by atoms with Crippen molar-refractivity contribution in [3.05, 3.63) is 63.1 Å². The molecule has 0 radical (unpaired) electrons. The van der Waals surface area contributed by atoms with Gasteiger partial charge in [-0.25, -0.2) is 8.78 Å². The fraction of sp³-hybridized carbons (Fsp3) is 0.143. The van der Waals surface area contributed by atoms with Crippen LogP contribution in [0.3, 0.4) is 0 Å². The van der Waals surface area contributed by atoms with Crippen LogP contribution < -0.4 is 5.32 Å². The smallest absolute Gasteiger partial charge is 0.159 e. The van der Waals surface area contributed by atoms with Crippen molar-refractivity contribution in [3.63, 3.8) is 0 Å². The topological polar surface area (TPSA) is 32.3 Å². The van der Waals surface area contributed by atoms with E-state index >= 15 is 0 Å². The number of nitrogens with one attached hydrogen (secondary N) is 1. The van der Waals surface area contributed by atoms with Crippen LogP contribution >= 0.6 is 27.5 Å². The monoisotopic (exact) mass is 361 g/mol. The first-order chi connectivity index (χ1) is 9.47. The fourth-order valence-corrected chi connectivity index (χ4v) is 2.09. The van der Waals surface area contributed by atoms with E-state index in [0.717, 1.165) is 22.3 Å². The van der Waals surface area contributed by atoms with Gasteiger partial charge < -0.3 is 10.4 Å². The molecule has 2 aromatic rings. The van der Waals surface area contributed by atoms with Gasteiger partial charge in [0, 0.05) is 16.7 Å². The van der Waals surface area contributed by atoms with Crippen molar-refractivity contribution >= 4 is 33.2 Å². The van der Waals surface area contributed by atoms with Gasteiger partial charge in [-0.1, -0.05) is 17.7 Å². The molecule has 0 heterocycles. The van der Waals surface area contributed by atoms with Crippen molar-refractivity contribution < 1.29 is 13.9 Å². The molecular weight excluding hydrogens is 352 g/mol. The van der Waals surface area contributed by atoms with Crippen molar-refractivity contribution in [2.45, 2.75) is 6.10 Å². The van der Waals surface area contributed by atoms with Gasteiger partial charge in [-0.2, -0.15) is 0 Å². The van der Waals surface area contributed by atoms with Gasteiger partial charge in [-0.15, -0.1) is 0 Å². The number of benzene rings is 2. The molecule has 0 aliphatic rings. The summed E-state index contributed by atoms with van der Waals surface area (Å²) in [6.07, 6.45) is -0.951. The molecule has 106 valence electrons. The lowest BCUT2D eigenvalue weighted by atomic mass is 10.1. The molecule has 2 N–H and O–H groups in total. The van der Waals surface area contributed by atoms with Gasteiger partial charge in [-0.05, 0) is 51.8 Å². The van der Waals surface area contributed by atoms with Crippen LogP contribution in [0.2, 0.25) is 5.02 Å². The van der Waals surface area contributed by atoms with Crippen LogP contribution in [0.1, 0.15) is 11.7 Å². The lowest BCUT2D eigenvalue weighted by Crippen LogP contribution is -2.12. The van der Waals surface area contributed by atoms with Gasteiger partial charge in [0.15, 0.2) is 11.6 Å². The Morgan fingerprint density at radius 1 is 1.15 bits per heavy atom. The van der Waals surface area contributed by atoms with Crippen molar-refractivity contribution in [1.29, 1.82) is 0 Å². The van der Waals surface area contributed by atoms with E-state index in [9.17, 15) is 13.9 Å². The maximum absolute atomic E-state index is 13.1. The van der Waals surface area contributed by atoms with E-state index in [1.165, 1.54) is 6.07 Å². The predicted octanol–water partition coefficient (Wildman–Crippen LogP) is 4.53. The Kier molecular flexibility index (Phi) is 4.96. The van der Waals surface area contributed by atoms with E-state index in [0.29, 0.717) is 10.6 Å². The van der Waals surface area contributed by atoms with E-state index < -0.39 is 17.7 Å². The van der Waals surface area contributed by atoms with Crippen LogP contribution in [0.25, 0.3) is 0 Å². The van der Waals surface area contributed by atoms with E-state index in [2.05, 4.69) is 21.2 Å². The van der Waals surface area contributed by atoms with Crippen LogP contribution in [-0.2, 0) is 0 Å². The SMILES string of the molecule is OC(CNc1ccc(Br)c(Cl)c1)c1ccc(F)c(F)c1. The molecule has 2 aromatic carbocycles. The number of anilines is 1. The second-order valence-corrected chi connectivity index (χ2v) is 5.46. The summed E-state index contributed by atoms with van der Waals surface area (Å²) in [6, 6.07) is 8.58. The summed E-state index contributed by atoms with van der Waals surface area (Å²) in [6.45, 7) is 0.156. The highest BCUT2D eigenvalue weighted by Crippen LogP contribution is 2.26. The normalized spacial score (nSPS) is 12.2. The molecule has 20 heavy (non-hydrogen) atoms. The summed E-state index contributed by atoms with van der Waals surface area (Å²) < 4.78 is 26.6. The van der Waals surface area contributed by atoms with Gasteiger partial charge >= 0.3 is 0 Å². The molecule has 0 aliphatic heterocycles. The average Bonchev–Trinajstić information content (AvgIpc) is 2.43. The van der Waals surface area contributed by atoms with Crippen LogP contribution in [0.5, 0.6) is 0 Å². The van der Waals surface area contributed by atoms with E-state index in [4.69, 9.17) is 11.6 Å². The molecular formula is C14H11BrClF2NO. The highest BCUT2D eigenvalue weighted by atomic mass is 79.9. The molecule has 6 heteroatoms. The van der Waals surface area contributed by atoms with Crippen molar-refractivity contribution in [1.82, 2.24) is 0 Å². The van der Waals surface area contributed by atoms with Crippen molar-refractivity contribution in [2.75, 3.05) is 11.9 Å². The van der Waals surface area contributed by atoms with Crippen LogP contribution in [0.15, 0.2) is 40.9 Å². The molecule has 1 unspecified atom stereocenters. The second kappa shape index (κ2) is 6.52. The maximum Gasteiger partial charge on any atom is 0.159 e. The molecule has 0 saturated heterocycles. The standard InChI is InChI=1S/C14H11BrClF2NO/c15-10-3-2-9(6-11(10)16)19-7-14(20)8-1-4-12(17)13(18)5-8/h1-6,14,19-20H,7H2. The lowest BCUT2D eigenvalue weighted by Gasteiger charge is -2.14. The molecule has 0 aromatic heterocycles. The first-order valence-corrected chi connectivity index (χ1v) is 6.96. The summed E-state index contributed by atoms with van der Waals surface area (Å²) in [5, 5.41) is 13.4. The van der Waals surface area contributed by atoms with Crippen molar-refractivity contribution in [3.8, 4) is 0 Å². The van der Waals surface area contributed by atoms with Crippen LogP contribution in [-0.4, -0.2) is 11.7 Å². The van der Waals surface area contributed by atoms with Crippen LogP contribution in [0, 0.1) is 11.6 Å². The fourth-order valence-electron chi connectivity index (χ4n) is 1.66. The van der Waals surface area contributed by atoms with Crippen molar-refractivity contribution in [2.24, 2.45) is 0 Å². The summed E-state index contributed by atoms with van der Waals surface area (Å²) in [7, 11) is 0. The van der Waals surface area contributed by atoms with E-state index in [1.54, 1.807) is 18.2 Å². The van der Waals surface area contributed by atoms with Gasteiger partial charge in [-0.3, -0.25) is 0 Å². The molecule has 0 bridgehead atoms. The number of rotatable bonds is 4. The Morgan fingerprint density at radius 3 is 2.55 bits per heavy atom. The predicted molar refractivity (Wildman–Crippen MR) is 79.0 cm³/mol. The van der Waals surface area contributed by atoms with Gasteiger partial charge in [0.1, 0.15) is 0 Å². The second-order valence-electron chi connectivity index (χ2n) is 4.20. The number of halogens is 4. The lowest BCUT2D eigenvalue weighted by molar-refractivity contribution is 0.191. The Hall–Kier alpha value is -1.17. The zero-order valence-electron chi connectivity index (χ0n) is 10.2. The number of aliphatic hydroxyl groups is 1. The molecule has 0 spiro atoms. The van der Waals surface area contributed by atoms with E-state index in [-0.39, 0.29) is 6.54 Å². The Balaban J connectivity index is 2.02. The minimum Gasteiger partial charge on any atom is -0.387 e. The van der Waals surface area contributed by atoms with E-state index in [1.807, 2.05) is 0 Å². The third-order valence-electron chi connectivity index (χ3n) is 2.75. The Morgan fingerprint density at radius 2 is 1.90 bits per heavy atom. The quantitative estimate of drug-likeness (QED) is 0.838. The third-order valence-corrected chi connectivity index (χ3v) is 3.98. The van der Waals surface area contributed by atoms with Gasteiger partial charge in [0.05, 0.1) is 11.1 Å². The molecule has 0 saturated carbocycles. The summed E-state index contributed by atoms with van der Waals surface area (Å²) in [4.78, 5) is 0. The molecule has 0 fully saturated rings. The number of aliphatic hydroxyl groups excluding tert-OH is 1. The molecule has 2 nitrogen and oxygen atoms in total. The number of hydrogen-bond acceptors (Lipinski definition) is 2. The minimum atomic E-state index is -0.978. The summed E-state index contributed by atoms with van der Waals surface area (Å²) in [5.41, 5.74) is 1.03. The third kappa shape index (κ3) is 3.69. The molecule has 2 rings (SSSR count). The molecule has 1 atom stereocenters. The maximum atomic E-state index is 13.1.